The lowest BCUT2D eigenvalue weighted by molar-refractivity contribution is -0.138. The molecule has 1 atom stereocenters. The highest BCUT2D eigenvalue weighted by Crippen LogP contribution is 2.12. The Morgan fingerprint density at radius 3 is 1.33 bits per heavy atom. The highest BCUT2D eigenvalue weighted by atomic mass is 16.4. The molecule has 0 unspecified atom stereocenters. The van der Waals surface area contributed by atoms with Gasteiger partial charge in [-0.3, -0.25) is 4.79 Å². The minimum atomic E-state index is -0.933. The summed E-state index contributed by atoms with van der Waals surface area (Å²) in [4.78, 5) is 10.1. The van der Waals surface area contributed by atoms with Gasteiger partial charge in [0.2, 0.25) is 0 Å². The molecule has 0 saturated heterocycles. The van der Waals surface area contributed by atoms with Crippen molar-refractivity contribution < 1.29 is 9.90 Å². The summed E-state index contributed by atoms with van der Waals surface area (Å²) >= 11 is 0. The molecule has 5 nitrogen and oxygen atoms in total. The zero-order chi connectivity index (χ0) is 20.6. The number of hydrogen-bond donors (Lipinski definition) is 4. The molecule has 0 aliphatic carbocycles. The van der Waals surface area contributed by atoms with E-state index in [0.717, 1.165) is 19.4 Å². The predicted octanol–water partition coefficient (Wildman–Crippen LogP) is 4.95. The van der Waals surface area contributed by atoms with E-state index in [1.807, 2.05) is 0 Å². The normalized spacial score (nSPS) is 11.7. The summed E-state index contributed by atoms with van der Waals surface area (Å²) in [5.41, 5.74) is 15.9. The first-order valence-corrected chi connectivity index (χ1v) is 11.5. The van der Waals surface area contributed by atoms with Gasteiger partial charge in [-0.2, -0.15) is 0 Å². The van der Waals surface area contributed by atoms with Gasteiger partial charge in [-0.1, -0.05) is 96.8 Å². The van der Waals surface area contributed by atoms with Crippen molar-refractivity contribution in [3.05, 3.63) is 0 Å². The van der Waals surface area contributed by atoms with Crippen LogP contribution in [0.3, 0.4) is 0 Å². The first-order chi connectivity index (χ1) is 13.1. The third-order valence-electron chi connectivity index (χ3n) is 4.84. The van der Waals surface area contributed by atoms with Crippen LogP contribution in [0.1, 0.15) is 116 Å². The first-order valence-electron chi connectivity index (χ1n) is 11.5. The molecule has 0 saturated carbocycles. The Hall–Kier alpha value is -0.650. The molecule has 0 aromatic rings. The van der Waals surface area contributed by atoms with Gasteiger partial charge in [-0.25, -0.2) is 0 Å². The van der Waals surface area contributed by atoms with Crippen molar-refractivity contribution in [1.82, 2.24) is 0 Å². The molecule has 164 valence electrons. The molecule has 0 spiro atoms. The Morgan fingerprint density at radius 2 is 1.00 bits per heavy atom. The number of hydrogen-bond acceptors (Lipinski definition) is 4. The molecular formula is C22H49N3O2. The van der Waals surface area contributed by atoms with E-state index in [0.29, 0.717) is 13.0 Å². The molecule has 0 rings (SSSR count). The van der Waals surface area contributed by atoms with Crippen molar-refractivity contribution in [2.75, 3.05) is 13.1 Å². The van der Waals surface area contributed by atoms with Crippen LogP contribution >= 0.6 is 0 Å². The Balaban J connectivity index is 0. The topological polar surface area (TPSA) is 115 Å². The zero-order valence-electron chi connectivity index (χ0n) is 18.1. The van der Waals surface area contributed by atoms with Crippen molar-refractivity contribution >= 4 is 5.97 Å². The first kappa shape index (κ1) is 28.6. The van der Waals surface area contributed by atoms with Crippen LogP contribution in [0.25, 0.3) is 0 Å². The largest absolute Gasteiger partial charge is 0.480 e. The number of carboxylic acid groups (broad SMARTS) is 1. The summed E-state index contributed by atoms with van der Waals surface area (Å²) in [6.07, 6.45) is 22.0. The second kappa shape index (κ2) is 25.4. The third-order valence-corrected chi connectivity index (χ3v) is 4.84. The molecule has 5 heteroatoms. The van der Waals surface area contributed by atoms with Crippen LogP contribution in [0.4, 0.5) is 0 Å². The summed E-state index contributed by atoms with van der Waals surface area (Å²) in [7, 11) is 0. The highest BCUT2D eigenvalue weighted by molar-refractivity contribution is 5.72. The minimum Gasteiger partial charge on any atom is -0.480 e. The van der Waals surface area contributed by atoms with Crippen LogP contribution in [-0.2, 0) is 4.79 Å². The molecule has 0 aromatic carbocycles. The second-order valence-corrected chi connectivity index (χ2v) is 7.61. The summed E-state index contributed by atoms with van der Waals surface area (Å²) in [5.74, 6) is -0.933. The average molecular weight is 388 g/mol. The highest BCUT2D eigenvalue weighted by Gasteiger charge is 2.09. The van der Waals surface area contributed by atoms with Crippen molar-refractivity contribution in [1.29, 1.82) is 0 Å². The van der Waals surface area contributed by atoms with Crippen LogP contribution in [0.5, 0.6) is 0 Å². The summed E-state index contributed by atoms with van der Waals surface area (Å²) < 4.78 is 0. The van der Waals surface area contributed by atoms with Crippen molar-refractivity contribution in [3.63, 3.8) is 0 Å². The summed E-state index contributed by atoms with van der Waals surface area (Å²) in [6.45, 7) is 3.76. The van der Waals surface area contributed by atoms with E-state index in [2.05, 4.69) is 6.92 Å². The Morgan fingerprint density at radius 1 is 0.667 bits per heavy atom. The number of carboxylic acids is 1. The molecule has 7 N–H and O–H groups in total. The molecule has 0 amide bonds. The van der Waals surface area contributed by atoms with Crippen LogP contribution in [-0.4, -0.2) is 30.2 Å². The van der Waals surface area contributed by atoms with Gasteiger partial charge >= 0.3 is 5.97 Å². The number of rotatable bonds is 19. The van der Waals surface area contributed by atoms with E-state index in [4.69, 9.17) is 22.3 Å². The van der Waals surface area contributed by atoms with Gasteiger partial charge in [-0.15, -0.1) is 0 Å². The van der Waals surface area contributed by atoms with Crippen LogP contribution in [0.15, 0.2) is 0 Å². The van der Waals surface area contributed by atoms with Crippen molar-refractivity contribution in [2.24, 2.45) is 17.2 Å². The molecule has 0 radical (unpaired) electrons. The van der Waals surface area contributed by atoms with E-state index in [9.17, 15) is 4.79 Å². The smallest absolute Gasteiger partial charge is 0.320 e. The van der Waals surface area contributed by atoms with E-state index in [1.54, 1.807) is 0 Å². The van der Waals surface area contributed by atoms with Gasteiger partial charge in [0, 0.05) is 0 Å². The Labute approximate surface area is 168 Å². The fraction of sp³-hybridized carbons (Fsp3) is 0.955. The second-order valence-electron chi connectivity index (χ2n) is 7.61. The van der Waals surface area contributed by atoms with Gasteiger partial charge in [-0.05, 0) is 32.4 Å². The molecule has 27 heavy (non-hydrogen) atoms. The fourth-order valence-electron chi connectivity index (χ4n) is 2.97. The van der Waals surface area contributed by atoms with Crippen molar-refractivity contribution in [2.45, 2.75) is 122 Å². The maximum atomic E-state index is 10.1. The molecule has 0 fully saturated rings. The number of carbonyl (C=O) groups is 1. The lowest BCUT2D eigenvalue weighted by Crippen LogP contribution is -2.29. The van der Waals surface area contributed by atoms with E-state index >= 15 is 0 Å². The number of aliphatic carboxylic acids is 1. The molecule has 0 aliphatic rings. The fourth-order valence-corrected chi connectivity index (χ4v) is 2.97. The summed E-state index contributed by atoms with van der Waals surface area (Å²) in [5, 5.41) is 8.33. The number of nitrogens with two attached hydrogens (primary N) is 3. The maximum Gasteiger partial charge on any atom is 0.320 e. The maximum absolute atomic E-state index is 10.1. The predicted molar refractivity (Wildman–Crippen MR) is 118 cm³/mol. The van der Waals surface area contributed by atoms with Gasteiger partial charge in [0.1, 0.15) is 6.04 Å². The minimum absolute atomic E-state index is 0.520. The van der Waals surface area contributed by atoms with Crippen LogP contribution in [0, 0.1) is 0 Å². The molecule has 0 bridgehead atoms. The molecule has 0 aliphatic heterocycles. The molecular weight excluding hydrogens is 338 g/mol. The third kappa shape index (κ3) is 27.7. The van der Waals surface area contributed by atoms with E-state index < -0.39 is 12.0 Å². The van der Waals surface area contributed by atoms with Crippen molar-refractivity contribution in [3.8, 4) is 0 Å². The van der Waals surface area contributed by atoms with Crippen LogP contribution in [0.2, 0.25) is 0 Å². The quantitative estimate of drug-likeness (QED) is 0.234. The van der Waals surface area contributed by atoms with Gasteiger partial charge in [0.15, 0.2) is 0 Å². The van der Waals surface area contributed by atoms with E-state index in [1.165, 1.54) is 89.9 Å². The molecule has 0 aromatic heterocycles. The van der Waals surface area contributed by atoms with Crippen LogP contribution < -0.4 is 17.2 Å². The monoisotopic (exact) mass is 387 g/mol. The summed E-state index contributed by atoms with van der Waals surface area (Å²) in [6, 6.07) is -0.716. The van der Waals surface area contributed by atoms with Gasteiger partial charge in [0.25, 0.3) is 0 Å². The Kier molecular flexibility index (Phi) is 26.8. The zero-order valence-corrected chi connectivity index (χ0v) is 18.1. The van der Waals surface area contributed by atoms with Gasteiger partial charge in [0.05, 0.1) is 0 Å². The lowest BCUT2D eigenvalue weighted by Gasteiger charge is -2.03. The van der Waals surface area contributed by atoms with E-state index in [-0.39, 0.29) is 0 Å². The Bertz CT molecular complexity index is 275. The lowest BCUT2D eigenvalue weighted by atomic mass is 10.0. The average Bonchev–Trinajstić information content (AvgIpc) is 2.66. The SMILES string of the molecule is CCCCCCCCCCCCCCCCN.NCCCC[C@H](N)C(=O)O. The molecule has 0 heterocycles. The standard InChI is InChI=1S/C16H35N.C6H14N2O2/c1-2-3-4-5-6-7-8-9-10-11-12-13-14-15-16-17;7-4-2-1-3-5(8)6(9)10/h2-17H2,1H3;5H,1-4,7-8H2,(H,9,10)/t;5-/m.0/s1. The van der Waals surface area contributed by atoms with Gasteiger partial charge < -0.3 is 22.3 Å². The number of unbranched alkanes of at least 4 members (excludes halogenated alkanes) is 14.